The molecule has 9 aromatic carbocycles. The number of aromatic nitrogens is 1. The minimum atomic E-state index is 0.901. The molecule has 54 heavy (non-hydrogen) atoms. The third-order valence-electron chi connectivity index (χ3n) is 11.6. The predicted molar refractivity (Wildman–Crippen MR) is 230 cm³/mol. The molecule has 0 bridgehead atoms. The zero-order valence-electron chi connectivity index (χ0n) is 30.0. The van der Waals surface area contributed by atoms with E-state index in [2.05, 4.69) is 177 Å². The molecular formula is C53H35N. The Bertz CT molecular complexity index is 3200. The second kappa shape index (κ2) is 12.1. The van der Waals surface area contributed by atoms with Gasteiger partial charge in [0.05, 0.1) is 5.52 Å². The minimum Gasteiger partial charge on any atom is -0.256 e. The van der Waals surface area contributed by atoms with Crippen LogP contribution in [0, 0.1) is 6.92 Å². The maximum atomic E-state index is 4.77. The van der Waals surface area contributed by atoms with Crippen molar-refractivity contribution in [1.82, 2.24) is 4.98 Å². The molecule has 1 heteroatoms. The molecule has 0 saturated heterocycles. The lowest BCUT2D eigenvalue weighted by Crippen LogP contribution is -1.93. The molecule has 0 radical (unpaired) electrons. The average Bonchev–Trinajstić information content (AvgIpc) is 3.40. The van der Waals surface area contributed by atoms with E-state index in [1.54, 1.807) is 0 Å². The molecule has 0 unspecified atom stereocenters. The van der Waals surface area contributed by atoms with E-state index >= 15 is 0 Å². The van der Waals surface area contributed by atoms with Crippen LogP contribution in [0.3, 0.4) is 0 Å². The first-order valence-electron chi connectivity index (χ1n) is 18.8. The van der Waals surface area contributed by atoms with Gasteiger partial charge in [-0.15, -0.1) is 0 Å². The van der Waals surface area contributed by atoms with Crippen molar-refractivity contribution in [1.29, 1.82) is 0 Å². The van der Waals surface area contributed by atoms with Crippen molar-refractivity contribution in [3.05, 3.63) is 204 Å². The number of nitrogens with zero attached hydrogens (tertiary/aromatic N) is 1. The van der Waals surface area contributed by atoms with Crippen molar-refractivity contribution in [2.24, 2.45) is 0 Å². The van der Waals surface area contributed by atoms with Crippen molar-refractivity contribution in [2.75, 3.05) is 0 Å². The fraction of sp³-hybridized carbons (Fsp3) is 0.0377. The molecule has 10 aromatic rings. The van der Waals surface area contributed by atoms with Crippen LogP contribution in [0.1, 0.15) is 22.3 Å². The highest BCUT2D eigenvalue weighted by atomic mass is 14.6. The van der Waals surface area contributed by atoms with Crippen LogP contribution in [0.2, 0.25) is 0 Å². The quantitative estimate of drug-likeness (QED) is 0.169. The summed E-state index contributed by atoms with van der Waals surface area (Å²) in [5.41, 5.74) is 15.1. The van der Waals surface area contributed by atoms with Gasteiger partial charge < -0.3 is 0 Å². The van der Waals surface area contributed by atoms with Crippen molar-refractivity contribution in [3.8, 4) is 33.4 Å². The third-order valence-corrected chi connectivity index (χ3v) is 11.6. The highest BCUT2D eigenvalue weighted by Gasteiger charge is 2.20. The number of rotatable bonds is 3. The summed E-state index contributed by atoms with van der Waals surface area (Å²) in [7, 11) is 0. The summed E-state index contributed by atoms with van der Waals surface area (Å²) in [5.74, 6) is 0. The van der Waals surface area contributed by atoms with E-state index < -0.39 is 0 Å². The Hall–Kier alpha value is -6.83. The van der Waals surface area contributed by atoms with Gasteiger partial charge in [-0.05, 0) is 137 Å². The maximum Gasteiger partial charge on any atom is 0.0783 e. The Morgan fingerprint density at radius 2 is 1.11 bits per heavy atom. The summed E-state index contributed by atoms with van der Waals surface area (Å²) in [5, 5.41) is 11.3. The highest BCUT2D eigenvalue weighted by Crippen LogP contribution is 2.43. The summed E-state index contributed by atoms with van der Waals surface area (Å²) in [6.07, 6.45) is 5.22. The number of aryl methyl sites for hydroxylation is 1. The van der Waals surface area contributed by atoms with Crippen molar-refractivity contribution < 1.29 is 0 Å². The lowest BCUT2D eigenvalue weighted by Gasteiger charge is -2.17. The molecule has 0 atom stereocenters. The lowest BCUT2D eigenvalue weighted by molar-refractivity contribution is 1.29. The van der Waals surface area contributed by atoms with Crippen LogP contribution in [0.4, 0.5) is 0 Å². The molecule has 0 fully saturated rings. The van der Waals surface area contributed by atoms with E-state index in [1.165, 1.54) is 110 Å². The van der Waals surface area contributed by atoms with Gasteiger partial charge in [-0.3, -0.25) is 4.98 Å². The van der Waals surface area contributed by atoms with E-state index in [0.29, 0.717) is 0 Å². The third kappa shape index (κ3) is 4.82. The van der Waals surface area contributed by atoms with Crippen molar-refractivity contribution in [2.45, 2.75) is 13.3 Å². The second-order valence-electron chi connectivity index (χ2n) is 14.7. The summed E-state index contributed by atoms with van der Waals surface area (Å²) in [4.78, 5) is 4.77. The Balaban J connectivity index is 0.984. The molecular weight excluding hydrogens is 651 g/mol. The number of hydrogen-bond acceptors (Lipinski definition) is 1. The van der Waals surface area contributed by atoms with Gasteiger partial charge in [0, 0.05) is 17.0 Å². The minimum absolute atomic E-state index is 0.901. The smallest absolute Gasteiger partial charge is 0.0783 e. The van der Waals surface area contributed by atoms with Crippen LogP contribution in [-0.4, -0.2) is 4.98 Å². The first kappa shape index (κ1) is 30.8. The van der Waals surface area contributed by atoms with E-state index in [0.717, 1.165) is 11.9 Å². The van der Waals surface area contributed by atoms with Gasteiger partial charge in [-0.2, -0.15) is 0 Å². The van der Waals surface area contributed by atoms with Crippen LogP contribution in [0.25, 0.3) is 92.9 Å². The molecule has 252 valence electrons. The normalized spacial score (nSPS) is 12.6. The van der Waals surface area contributed by atoms with Crippen LogP contribution in [-0.2, 0) is 6.42 Å². The molecule has 1 nitrogen and oxygen atoms in total. The SMILES string of the molecule is Cc1ccc(-c2ccc3c(ccc4cc(-c5cccc(C6=CCc7ccccc7-c7c6ccc6ccccc76)c5)ccc43)c2)c2ccc3cccnc3c12. The fourth-order valence-corrected chi connectivity index (χ4v) is 9.01. The molecule has 0 amide bonds. The van der Waals surface area contributed by atoms with Crippen LogP contribution in [0.5, 0.6) is 0 Å². The van der Waals surface area contributed by atoms with Crippen LogP contribution in [0.15, 0.2) is 182 Å². The average molecular weight is 686 g/mol. The summed E-state index contributed by atoms with van der Waals surface area (Å²) in [6, 6.07) is 62.9. The number of fused-ring (bicyclic) bond motifs is 11. The Labute approximate surface area is 314 Å². The Morgan fingerprint density at radius 3 is 2.02 bits per heavy atom. The van der Waals surface area contributed by atoms with Crippen LogP contribution >= 0.6 is 0 Å². The summed E-state index contributed by atoms with van der Waals surface area (Å²) >= 11 is 0. The molecule has 1 aliphatic carbocycles. The molecule has 0 spiro atoms. The zero-order valence-corrected chi connectivity index (χ0v) is 30.0. The zero-order chi connectivity index (χ0) is 35.8. The number of pyridine rings is 1. The topological polar surface area (TPSA) is 12.9 Å². The number of benzene rings is 9. The van der Waals surface area contributed by atoms with Gasteiger partial charge in [0.2, 0.25) is 0 Å². The second-order valence-corrected chi connectivity index (χ2v) is 14.7. The summed E-state index contributed by atoms with van der Waals surface area (Å²) in [6.45, 7) is 2.19. The van der Waals surface area contributed by atoms with Gasteiger partial charge in [-0.25, -0.2) is 0 Å². The lowest BCUT2D eigenvalue weighted by atomic mass is 9.87. The van der Waals surface area contributed by atoms with Gasteiger partial charge in [0.15, 0.2) is 0 Å². The Morgan fingerprint density at radius 1 is 0.426 bits per heavy atom. The van der Waals surface area contributed by atoms with Crippen LogP contribution < -0.4 is 0 Å². The molecule has 1 aliphatic rings. The maximum absolute atomic E-state index is 4.77. The molecule has 11 rings (SSSR count). The van der Waals surface area contributed by atoms with E-state index in [-0.39, 0.29) is 0 Å². The number of allylic oxidation sites excluding steroid dienone is 1. The van der Waals surface area contributed by atoms with Gasteiger partial charge in [0.25, 0.3) is 0 Å². The molecule has 1 heterocycles. The molecule has 0 saturated carbocycles. The highest BCUT2D eigenvalue weighted by molar-refractivity contribution is 6.14. The fourth-order valence-electron chi connectivity index (χ4n) is 9.01. The molecule has 0 N–H and O–H groups in total. The Kier molecular flexibility index (Phi) is 6.90. The van der Waals surface area contributed by atoms with Crippen molar-refractivity contribution in [3.63, 3.8) is 0 Å². The van der Waals surface area contributed by atoms with Gasteiger partial charge in [-0.1, -0.05) is 152 Å². The number of hydrogen-bond donors (Lipinski definition) is 0. The van der Waals surface area contributed by atoms with E-state index in [4.69, 9.17) is 4.98 Å². The van der Waals surface area contributed by atoms with Gasteiger partial charge in [0.1, 0.15) is 0 Å². The van der Waals surface area contributed by atoms with E-state index in [1.807, 2.05) is 12.3 Å². The monoisotopic (exact) mass is 685 g/mol. The van der Waals surface area contributed by atoms with Gasteiger partial charge >= 0.3 is 0 Å². The summed E-state index contributed by atoms with van der Waals surface area (Å²) < 4.78 is 0. The first-order valence-corrected chi connectivity index (χ1v) is 18.8. The van der Waals surface area contributed by atoms with E-state index in [9.17, 15) is 0 Å². The van der Waals surface area contributed by atoms with Crippen molar-refractivity contribution >= 4 is 59.6 Å². The standard InChI is InChI=1S/C53H35N/c1-33-15-23-45(49-28-20-36-12-7-29-54-53(36)51(33)49)42-22-26-44-41(32-42)17-16-40-31-38(21-25-43(40)44)37-10-6-11-39(30-37)46-24-18-34-8-2-4-13-47(34)52-48-14-5-3-9-35(48)19-27-50(46)52/h2-17,19-32H,18H2,1H3. The molecule has 1 aromatic heterocycles. The molecule has 0 aliphatic heterocycles. The largest absolute Gasteiger partial charge is 0.256 e. The predicted octanol–water partition coefficient (Wildman–Crippen LogP) is 14.1. The first-order chi connectivity index (χ1) is 26.7.